The zero-order valence-corrected chi connectivity index (χ0v) is 9.63. The number of hydrogen-bond donors (Lipinski definition) is 0. The topological polar surface area (TPSA) is 26.3 Å². The zero-order valence-electron chi connectivity index (χ0n) is 8.52. The molecule has 0 aliphatic heterocycles. The molecule has 0 heterocycles. The molecule has 0 amide bonds. The number of carbonyl (C=O) groups excluding carboxylic acids is 1. The van der Waals surface area contributed by atoms with Crippen molar-refractivity contribution in [1.29, 1.82) is 0 Å². The minimum absolute atomic E-state index is 0. The van der Waals surface area contributed by atoms with Gasteiger partial charge in [-0.2, -0.15) is 18.2 Å². The summed E-state index contributed by atoms with van der Waals surface area (Å²) in [5.74, 6) is 0. The van der Waals surface area contributed by atoms with E-state index in [1.807, 2.05) is 60.7 Å². The average Bonchev–Trinajstić information content (AvgIpc) is 2.94. The van der Waals surface area contributed by atoms with Crippen molar-refractivity contribution in [3.8, 4) is 0 Å². The predicted octanol–water partition coefficient (Wildman–Crippen LogP) is 2.60. The molecule has 88 valence electrons. The first-order valence-electron chi connectivity index (χ1n) is 4.21. The third kappa shape index (κ3) is 15.4. The van der Waals surface area contributed by atoms with Crippen LogP contribution >= 0.6 is 0 Å². The first-order valence-corrected chi connectivity index (χ1v) is 4.21. The van der Waals surface area contributed by atoms with Crippen LogP contribution in [0.1, 0.15) is 0 Å². The smallest absolute Gasteiger partial charge is 0.292 e. The molecule has 0 saturated carbocycles. The normalized spacial score (nSPS) is 6.73. The third-order valence-electron chi connectivity index (χ3n) is 1.21. The van der Waals surface area contributed by atoms with Gasteiger partial charge in [0.1, 0.15) is 0 Å². The summed E-state index contributed by atoms with van der Waals surface area (Å²) >= 11 is 0. The third-order valence-corrected chi connectivity index (χ3v) is 1.21. The van der Waals surface area contributed by atoms with E-state index < -0.39 is 0 Å². The molecule has 0 spiro atoms. The molecule has 0 fully saturated rings. The number of ether oxygens (including phenoxy) is 1. The standard InChI is InChI=1S/2C5H5.C2H4O2.Fe/c2*1-2-4-5-3-1;1-4-2-3;/h2*1-5H;2H,1H3;/q-5;-1;;. The van der Waals surface area contributed by atoms with Crippen LogP contribution in [0.5, 0.6) is 0 Å². The average molecular weight is 246 g/mol. The Bertz CT molecular complexity index is 201. The van der Waals surface area contributed by atoms with E-state index in [1.165, 1.54) is 7.11 Å². The Hall–Kier alpha value is -1.31. The Morgan fingerprint density at radius 2 is 1.33 bits per heavy atom. The molecule has 0 aliphatic rings. The van der Waals surface area contributed by atoms with E-state index in [2.05, 4.69) is 4.74 Å². The van der Waals surface area contributed by atoms with Crippen LogP contribution in [0, 0.1) is 0 Å². The molecule has 15 heavy (non-hydrogen) atoms. The quantitative estimate of drug-likeness (QED) is 0.439. The maximum Gasteiger partial charge on any atom is 0.292 e. The van der Waals surface area contributed by atoms with Crippen LogP contribution in [0.25, 0.3) is 0 Å². The molecule has 2 aromatic rings. The Kier molecular flexibility index (Phi) is 16.3. The second-order valence-electron chi connectivity index (χ2n) is 2.26. The molecular weight excluding hydrogens is 232 g/mol. The summed E-state index contributed by atoms with van der Waals surface area (Å²) in [4.78, 5) is 8.95. The molecule has 0 aromatic heterocycles. The number of rotatable bonds is 1. The van der Waals surface area contributed by atoms with E-state index in [4.69, 9.17) is 4.79 Å². The van der Waals surface area contributed by atoms with Gasteiger partial charge in [0.25, 0.3) is 6.47 Å². The van der Waals surface area contributed by atoms with Gasteiger partial charge in [0.05, 0.1) is 7.11 Å². The molecule has 3 heteroatoms. The summed E-state index contributed by atoms with van der Waals surface area (Å²) in [5, 5.41) is 0. The van der Waals surface area contributed by atoms with E-state index in [1.54, 1.807) is 0 Å². The maximum atomic E-state index is 8.95. The summed E-state index contributed by atoms with van der Waals surface area (Å²) in [7, 11) is 1.31. The number of carbonyl (C=O) groups is 1. The summed E-state index contributed by atoms with van der Waals surface area (Å²) < 4.78 is 3.86. The molecule has 0 unspecified atom stereocenters. The van der Waals surface area contributed by atoms with Gasteiger partial charge in [-0.3, -0.25) is 4.79 Å². The summed E-state index contributed by atoms with van der Waals surface area (Å²) in [6, 6.07) is 20.0. The van der Waals surface area contributed by atoms with Crippen molar-refractivity contribution in [3.05, 3.63) is 60.7 Å². The second-order valence-corrected chi connectivity index (χ2v) is 2.26. The van der Waals surface area contributed by atoms with Crippen molar-refractivity contribution in [2.75, 3.05) is 7.11 Å². The Balaban J connectivity index is 0. The van der Waals surface area contributed by atoms with E-state index in [0.717, 1.165) is 0 Å². The van der Waals surface area contributed by atoms with Gasteiger partial charge in [0.2, 0.25) is 0 Å². The molecular formula is C12H14FeO2-6. The van der Waals surface area contributed by atoms with Gasteiger partial charge in [-0.1, -0.05) is 0 Å². The van der Waals surface area contributed by atoms with E-state index in [-0.39, 0.29) is 17.1 Å². The van der Waals surface area contributed by atoms with Crippen molar-refractivity contribution in [2.24, 2.45) is 0 Å². The van der Waals surface area contributed by atoms with Crippen LogP contribution in [0.3, 0.4) is 0 Å². The fraction of sp³-hybridized carbons (Fsp3) is 0.0833. The van der Waals surface area contributed by atoms with Crippen molar-refractivity contribution < 1.29 is 26.6 Å². The van der Waals surface area contributed by atoms with Crippen molar-refractivity contribution >= 4 is 6.47 Å². The molecule has 2 nitrogen and oxygen atoms in total. The summed E-state index contributed by atoms with van der Waals surface area (Å²) in [6.07, 6.45) is 0. The SMILES string of the molecule is COC=O.[Fe].[cH-]1[cH-][cH-][cH-][cH-]1.c1cc[cH-]c1. The maximum absolute atomic E-state index is 8.95. The van der Waals surface area contributed by atoms with Crippen LogP contribution in [0.4, 0.5) is 0 Å². The Morgan fingerprint density at radius 3 is 1.47 bits per heavy atom. The molecule has 2 rings (SSSR count). The number of hydrogen-bond acceptors (Lipinski definition) is 2. The van der Waals surface area contributed by atoms with Crippen LogP contribution in [0.2, 0.25) is 0 Å². The van der Waals surface area contributed by atoms with E-state index in [0.29, 0.717) is 6.47 Å². The van der Waals surface area contributed by atoms with Gasteiger partial charge in [0, 0.05) is 17.1 Å². The molecule has 0 bridgehead atoms. The molecule has 0 N–H and O–H groups in total. The second kappa shape index (κ2) is 15.2. The molecule has 0 aliphatic carbocycles. The summed E-state index contributed by atoms with van der Waals surface area (Å²) in [5.41, 5.74) is 0. The monoisotopic (exact) mass is 246 g/mol. The first-order chi connectivity index (χ1) is 6.91. The van der Waals surface area contributed by atoms with Gasteiger partial charge in [-0.25, -0.2) is 12.1 Å². The van der Waals surface area contributed by atoms with E-state index >= 15 is 0 Å². The minimum Gasteiger partial charge on any atom is -0.748 e. The van der Waals surface area contributed by atoms with Gasteiger partial charge < -0.3 is 35.1 Å². The van der Waals surface area contributed by atoms with Crippen LogP contribution < -0.4 is 0 Å². The van der Waals surface area contributed by atoms with Gasteiger partial charge in [-0.15, -0.1) is 0 Å². The zero-order chi connectivity index (χ0) is 10.5. The fourth-order valence-electron chi connectivity index (χ4n) is 0.642. The fourth-order valence-corrected chi connectivity index (χ4v) is 0.642. The number of methoxy groups -OCH3 is 1. The van der Waals surface area contributed by atoms with Gasteiger partial charge in [0.15, 0.2) is 0 Å². The molecule has 0 radical (unpaired) electrons. The Morgan fingerprint density at radius 1 is 1.00 bits per heavy atom. The first kappa shape index (κ1) is 16.1. The van der Waals surface area contributed by atoms with E-state index in [9.17, 15) is 0 Å². The van der Waals surface area contributed by atoms with Gasteiger partial charge in [-0.05, 0) is 0 Å². The van der Waals surface area contributed by atoms with Crippen molar-refractivity contribution in [1.82, 2.24) is 0 Å². The Labute approximate surface area is 101 Å². The molecule has 0 saturated heterocycles. The van der Waals surface area contributed by atoms with Crippen LogP contribution in [0.15, 0.2) is 60.7 Å². The van der Waals surface area contributed by atoms with Gasteiger partial charge >= 0.3 is 0 Å². The van der Waals surface area contributed by atoms with Crippen LogP contribution in [-0.4, -0.2) is 13.6 Å². The molecule has 0 atom stereocenters. The predicted molar refractivity (Wildman–Crippen MR) is 57.1 cm³/mol. The molecule has 2 aromatic carbocycles. The largest absolute Gasteiger partial charge is 0.748 e. The van der Waals surface area contributed by atoms with Crippen LogP contribution in [-0.2, 0) is 26.6 Å². The van der Waals surface area contributed by atoms with Crippen molar-refractivity contribution in [2.45, 2.75) is 0 Å². The minimum atomic E-state index is 0. The van der Waals surface area contributed by atoms with Crippen molar-refractivity contribution in [3.63, 3.8) is 0 Å². The summed E-state index contributed by atoms with van der Waals surface area (Å²) in [6.45, 7) is 0.375.